The monoisotopic (exact) mass is 1030 g/mol. The van der Waals surface area contributed by atoms with Gasteiger partial charge in [-0.2, -0.15) is 0 Å². The molecule has 0 saturated heterocycles. The minimum atomic E-state index is 0.0263. The zero-order valence-corrected chi connectivity index (χ0v) is 50.9. The average molecular weight is 1040 g/mol. The summed E-state index contributed by atoms with van der Waals surface area (Å²) in [5.41, 5.74) is 27.7. The summed E-state index contributed by atoms with van der Waals surface area (Å²) in [6.45, 7) is 43.2. The van der Waals surface area contributed by atoms with E-state index < -0.39 is 0 Å². The standard InChI is InChI=1S/C73H87BN2S/c1-44-36-59-62-60(37-44)76(57-42-53-50(67(4,5)29-32-70(53,10)11)39-48(57)46-26-22-19-23-27-46)65-63(61-64(77-65)73(16,17)35-34-72(61,14)15)74(62)55-40-51-54(71(12,13)33-30-68(51,6)7)43-58(55)75(59)56-41-52-49(66(2,3)28-31-69(52,8)9)38-47(56)45-24-20-18-21-25-45/h18-27,36-43,61,64H,28-35H2,1-17H3. The summed E-state index contributed by atoms with van der Waals surface area (Å²) in [5.74, 6) is 0.390. The topological polar surface area (TPSA) is 6.48 Å². The SMILES string of the molecule is Cc1cc2c3c(c1)N(c1cc4c(cc1-c1ccccc1)C(C)(C)CCC4(C)C)c1cc4c(cc1B3C1=C(SC3C1C(C)(C)CCC3(C)C)N2c1cc2c(cc1-c1ccccc1)C(C)(C)CCC2(C)C)C(C)(C)CCC4(C)C. The molecule has 7 aliphatic rings. The smallest absolute Gasteiger partial charge is 0.248 e. The van der Waals surface area contributed by atoms with E-state index in [1.807, 2.05) is 0 Å². The van der Waals surface area contributed by atoms with Crippen molar-refractivity contribution in [3.63, 3.8) is 0 Å². The predicted molar refractivity (Wildman–Crippen MR) is 335 cm³/mol. The molecule has 0 bridgehead atoms. The highest BCUT2D eigenvalue weighted by atomic mass is 32.2. The first kappa shape index (κ1) is 51.5. The Labute approximate surface area is 469 Å². The Kier molecular flexibility index (Phi) is 11.1. The van der Waals surface area contributed by atoms with Crippen LogP contribution in [0, 0.1) is 23.7 Å². The van der Waals surface area contributed by atoms with Crippen LogP contribution in [0.5, 0.6) is 0 Å². The number of nitrogens with zero attached hydrogens (tertiary/aromatic N) is 2. The zero-order chi connectivity index (χ0) is 54.5. The van der Waals surface area contributed by atoms with E-state index in [2.05, 4.69) is 248 Å². The Morgan fingerprint density at radius 3 is 1.23 bits per heavy atom. The molecule has 3 heterocycles. The highest BCUT2D eigenvalue weighted by molar-refractivity contribution is 8.04. The summed E-state index contributed by atoms with van der Waals surface area (Å²) in [4.78, 5) is 5.73. The Morgan fingerprint density at radius 2 is 0.779 bits per heavy atom. The maximum atomic E-state index is 2.89. The van der Waals surface area contributed by atoms with Gasteiger partial charge in [0.25, 0.3) is 0 Å². The number of rotatable bonds is 4. The van der Waals surface area contributed by atoms with Crippen LogP contribution < -0.4 is 20.7 Å². The Hall–Kier alpha value is -4.93. The fourth-order valence-corrected chi connectivity index (χ4v) is 18.4. The molecule has 0 radical (unpaired) electrons. The lowest BCUT2D eigenvalue weighted by Crippen LogP contribution is -2.59. The van der Waals surface area contributed by atoms with Crippen molar-refractivity contribution in [2.75, 3.05) is 9.80 Å². The van der Waals surface area contributed by atoms with Gasteiger partial charge in [0.2, 0.25) is 6.71 Å². The molecule has 6 aromatic carbocycles. The lowest BCUT2D eigenvalue weighted by atomic mass is 9.29. The Balaban J connectivity index is 1.20. The molecule has 1 fully saturated rings. The molecule has 398 valence electrons. The van der Waals surface area contributed by atoms with Gasteiger partial charge in [-0.1, -0.05) is 183 Å². The number of aryl methyl sites for hydroxylation is 1. The van der Waals surface area contributed by atoms with Crippen LogP contribution in [0.15, 0.2) is 120 Å². The van der Waals surface area contributed by atoms with E-state index in [-0.39, 0.29) is 50.0 Å². The summed E-state index contributed by atoms with van der Waals surface area (Å²) in [6, 6.07) is 44.4. The molecule has 13 rings (SSSR count). The van der Waals surface area contributed by atoms with E-state index >= 15 is 0 Å². The van der Waals surface area contributed by atoms with Crippen molar-refractivity contribution in [1.29, 1.82) is 0 Å². The molecule has 2 nitrogen and oxygen atoms in total. The molecule has 0 amide bonds. The van der Waals surface area contributed by atoms with Crippen molar-refractivity contribution in [3.05, 3.63) is 159 Å². The van der Waals surface area contributed by atoms with E-state index in [9.17, 15) is 0 Å². The van der Waals surface area contributed by atoms with Crippen molar-refractivity contribution in [2.45, 2.75) is 207 Å². The Morgan fingerprint density at radius 1 is 0.403 bits per heavy atom. The molecule has 0 N–H and O–H groups in total. The molecule has 0 aromatic heterocycles. The molecule has 2 atom stereocenters. The van der Waals surface area contributed by atoms with Crippen LogP contribution in [0.25, 0.3) is 22.3 Å². The molecule has 4 aliphatic carbocycles. The van der Waals surface area contributed by atoms with E-state index in [1.54, 1.807) is 11.0 Å². The fourth-order valence-electron chi connectivity index (χ4n) is 16.4. The number of benzene rings is 6. The van der Waals surface area contributed by atoms with Gasteiger partial charge >= 0.3 is 0 Å². The van der Waals surface area contributed by atoms with Crippen LogP contribution in [0.4, 0.5) is 28.4 Å². The molecule has 3 aliphatic heterocycles. The van der Waals surface area contributed by atoms with Gasteiger partial charge in [-0.15, -0.1) is 11.8 Å². The van der Waals surface area contributed by atoms with Crippen molar-refractivity contribution in [1.82, 2.24) is 0 Å². The molecule has 6 aromatic rings. The summed E-state index contributed by atoms with van der Waals surface area (Å²) in [5, 5.41) is 1.94. The van der Waals surface area contributed by atoms with Gasteiger partial charge in [-0.25, -0.2) is 0 Å². The lowest BCUT2D eigenvalue weighted by Gasteiger charge is -2.52. The highest BCUT2D eigenvalue weighted by Gasteiger charge is 2.60. The second-order valence-corrected chi connectivity index (χ2v) is 32.0. The maximum absolute atomic E-state index is 2.89. The molecular weight excluding hydrogens is 948 g/mol. The third-order valence-electron chi connectivity index (χ3n) is 21.9. The van der Waals surface area contributed by atoms with Crippen molar-refractivity contribution in [3.8, 4) is 22.3 Å². The van der Waals surface area contributed by atoms with Crippen molar-refractivity contribution >= 4 is 57.8 Å². The van der Waals surface area contributed by atoms with Crippen molar-refractivity contribution < 1.29 is 0 Å². The molecular formula is C73H87BN2S. The first-order chi connectivity index (χ1) is 36.0. The van der Waals surface area contributed by atoms with Crippen LogP contribution in [0.2, 0.25) is 0 Å². The first-order valence-electron chi connectivity index (χ1n) is 29.9. The normalized spacial score (nSPS) is 24.7. The van der Waals surface area contributed by atoms with Crippen molar-refractivity contribution in [2.24, 2.45) is 16.7 Å². The summed E-state index contributed by atoms with van der Waals surface area (Å²) >= 11 is 2.26. The fraction of sp³-hybridized carbons (Fsp3) is 0.479. The molecule has 0 spiro atoms. The third kappa shape index (κ3) is 7.61. The number of hydrogen-bond donors (Lipinski definition) is 0. The van der Waals surface area contributed by atoms with Gasteiger partial charge < -0.3 is 9.80 Å². The largest absolute Gasteiger partial charge is 0.311 e. The average Bonchev–Trinajstić information content (AvgIpc) is 3.92. The van der Waals surface area contributed by atoms with E-state index in [0.29, 0.717) is 11.2 Å². The van der Waals surface area contributed by atoms with E-state index in [0.717, 1.165) is 0 Å². The number of allylic oxidation sites excluding steroid dienone is 1. The second kappa shape index (κ2) is 16.6. The molecule has 77 heavy (non-hydrogen) atoms. The third-order valence-corrected chi connectivity index (χ3v) is 23.7. The van der Waals surface area contributed by atoms with Gasteiger partial charge in [-0.05, 0) is 211 Å². The lowest BCUT2D eigenvalue weighted by molar-refractivity contribution is 0.0926. The minimum absolute atomic E-state index is 0.0263. The van der Waals surface area contributed by atoms with Gasteiger partial charge in [0, 0.05) is 33.4 Å². The minimum Gasteiger partial charge on any atom is -0.311 e. The molecule has 1 saturated carbocycles. The quantitative estimate of drug-likeness (QED) is 0.163. The van der Waals surface area contributed by atoms with Crippen LogP contribution >= 0.6 is 11.8 Å². The van der Waals surface area contributed by atoms with Gasteiger partial charge in [0.1, 0.15) is 0 Å². The first-order valence-corrected chi connectivity index (χ1v) is 30.7. The number of thioether (sulfide) groups is 1. The van der Waals surface area contributed by atoms with Gasteiger partial charge in [0.05, 0.1) is 16.4 Å². The number of fused-ring (bicyclic) bond motifs is 8. The maximum Gasteiger partial charge on any atom is 0.248 e. The highest BCUT2D eigenvalue weighted by Crippen LogP contribution is 2.67. The van der Waals surface area contributed by atoms with Gasteiger partial charge in [0.15, 0.2) is 0 Å². The second-order valence-electron chi connectivity index (χ2n) is 30.9. The number of hydrogen-bond acceptors (Lipinski definition) is 3. The van der Waals surface area contributed by atoms with Gasteiger partial charge in [-0.3, -0.25) is 0 Å². The Bertz CT molecular complexity index is 3490. The summed E-state index contributed by atoms with van der Waals surface area (Å²) < 4.78 is 0. The molecule has 2 unspecified atom stereocenters. The zero-order valence-electron chi connectivity index (χ0n) is 50.1. The van der Waals surface area contributed by atoms with Crippen LogP contribution in [-0.4, -0.2) is 12.0 Å². The summed E-state index contributed by atoms with van der Waals surface area (Å²) in [7, 11) is 0. The predicted octanol–water partition coefficient (Wildman–Crippen LogP) is 19.2. The van der Waals surface area contributed by atoms with Crippen LogP contribution in [0.3, 0.4) is 0 Å². The summed E-state index contributed by atoms with van der Waals surface area (Å²) in [6.07, 6.45) is 9.54. The molecule has 4 heteroatoms. The van der Waals surface area contributed by atoms with E-state index in [4.69, 9.17) is 0 Å². The van der Waals surface area contributed by atoms with Crippen LogP contribution in [0.1, 0.15) is 201 Å². The van der Waals surface area contributed by atoms with E-state index in [1.165, 1.54) is 151 Å². The number of anilines is 5. The van der Waals surface area contributed by atoms with Crippen LogP contribution in [-0.2, 0) is 32.5 Å².